The zero-order valence-electron chi connectivity index (χ0n) is 20.0. The van der Waals surface area contributed by atoms with Crippen LogP contribution >= 0.6 is 35.0 Å². The van der Waals surface area contributed by atoms with Crippen LogP contribution in [0.5, 0.6) is 0 Å². The number of thioether (sulfide) groups is 1. The van der Waals surface area contributed by atoms with Crippen LogP contribution in [-0.4, -0.2) is 33.1 Å². The monoisotopic (exact) mass is 567 g/mol. The second-order valence-electron chi connectivity index (χ2n) is 8.64. The van der Waals surface area contributed by atoms with Gasteiger partial charge >= 0.3 is 0 Å². The molecule has 0 radical (unpaired) electrons. The Hall–Kier alpha value is -3.59. The van der Waals surface area contributed by atoms with Crippen molar-refractivity contribution >= 4 is 74.7 Å². The van der Waals surface area contributed by atoms with Crippen molar-refractivity contribution in [1.29, 1.82) is 0 Å². The van der Waals surface area contributed by atoms with Gasteiger partial charge in [0.05, 0.1) is 9.93 Å². The largest absolute Gasteiger partial charge is 0.340 e. The van der Waals surface area contributed by atoms with Gasteiger partial charge in [-0.25, -0.2) is 4.39 Å². The van der Waals surface area contributed by atoms with E-state index in [1.807, 2.05) is 55.5 Å². The maximum Gasteiger partial charge on any atom is 0.294 e. The lowest BCUT2D eigenvalue weighted by atomic mass is 10.1. The van der Waals surface area contributed by atoms with Crippen LogP contribution in [0.4, 0.5) is 14.9 Å². The first kappa shape index (κ1) is 26.0. The summed E-state index contributed by atoms with van der Waals surface area (Å²) >= 11 is 12.9. The summed E-state index contributed by atoms with van der Waals surface area (Å²) in [6, 6.07) is 19.1. The summed E-state index contributed by atoms with van der Waals surface area (Å²) < 4.78 is 15.5. The number of para-hydroxylation sites is 1. The number of halogens is 3. The van der Waals surface area contributed by atoms with Gasteiger partial charge in [0.1, 0.15) is 12.4 Å². The molecular formula is C28H20Cl2FN3O3S. The molecule has 1 aliphatic heterocycles. The third kappa shape index (κ3) is 5.07. The van der Waals surface area contributed by atoms with Gasteiger partial charge in [-0.2, -0.15) is 0 Å². The number of nitrogens with zero attached hydrogens (tertiary/aromatic N) is 2. The predicted molar refractivity (Wildman–Crippen MR) is 150 cm³/mol. The average Bonchev–Trinajstić information content (AvgIpc) is 3.30. The van der Waals surface area contributed by atoms with E-state index in [0.717, 1.165) is 50.5 Å². The maximum absolute atomic E-state index is 13.4. The van der Waals surface area contributed by atoms with Gasteiger partial charge in [0.15, 0.2) is 0 Å². The van der Waals surface area contributed by atoms with Gasteiger partial charge in [-0.05, 0) is 60.7 Å². The summed E-state index contributed by atoms with van der Waals surface area (Å²) in [7, 11) is 0. The summed E-state index contributed by atoms with van der Waals surface area (Å²) in [5.41, 5.74) is 3.89. The molecule has 1 fully saturated rings. The van der Waals surface area contributed by atoms with E-state index in [9.17, 15) is 18.8 Å². The molecule has 3 aromatic carbocycles. The topological polar surface area (TPSA) is 71.4 Å². The van der Waals surface area contributed by atoms with Crippen molar-refractivity contribution in [2.24, 2.45) is 0 Å². The van der Waals surface area contributed by atoms with Gasteiger partial charge < -0.3 is 9.88 Å². The minimum absolute atomic E-state index is 0.152. The summed E-state index contributed by atoms with van der Waals surface area (Å²) in [6.45, 7) is 2.01. The molecule has 1 aromatic heterocycles. The van der Waals surface area contributed by atoms with Gasteiger partial charge in [-0.1, -0.05) is 59.6 Å². The standard InChI is InChI=1S/C28H20Cl2FN3O3S/c1-16-20(19-7-3-5-9-24(19)33(16)14-17-6-2-4-8-21(17)29)13-25-27(36)34(28(37)38-25)15-26(35)32-18-10-11-23(31)22(30)12-18/h2-13H,14-15H2,1H3,(H,32,35)/b25-13-. The van der Waals surface area contributed by atoms with Crippen LogP contribution in [0, 0.1) is 12.7 Å². The Morgan fingerprint density at radius 1 is 1.03 bits per heavy atom. The molecule has 2 heterocycles. The number of aromatic nitrogens is 1. The van der Waals surface area contributed by atoms with Gasteiger partial charge in [0, 0.05) is 39.4 Å². The van der Waals surface area contributed by atoms with E-state index >= 15 is 0 Å². The molecular weight excluding hydrogens is 548 g/mol. The van der Waals surface area contributed by atoms with Crippen LogP contribution in [0.1, 0.15) is 16.8 Å². The Morgan fingerprint density at radius 2 is 1.76 bits per heavy atom. The third-order valence-corrected chi connectivity index (χ3v) is 7.79. The molecule has 0 unspecified atom stereocenters. The summed E-state index contributed by atoms with van der Waals surface area (Å²) in [4.78, 5) is 39.4. The van der Waals surface area contributed by atoms with Crippen molar-refractivity contribution < 1.29 is 18.8 Å². The summed E-state index contributed by atoms with van der Waals surface area (Å²) in [5, 5.41) is 3.41. The van der Waals surface area contributed by atoms with Crippen molar-refractivity contribution in [2.75, 3.05) is 11.9 Å². The van der Waals surface area contributed by atoms with E-state index < -0.39 is 29.4 Å². The number of carbonyl (C=O) groups excluding carboxylic acids is 3. The lowest BCUT2D eigenvalue weighted by Crippen LogP contribution is -2.36. The molecule has 1 aliphatic rings. The first-order chi connectivity index (χ1) is 18.2. The van der Waals surface area contributed by atoms with Crippen molar-refractivity contribution in [1.82, 2.24) is 9.47 Å². The Bertz CT molecular complexity index is 1650. The highest BCUT2D eigenvalue weighted by atomic mass is 35.5. The fraction of sp³-hybridized carbons (Fsp3) is 0.107. The van der Waals surface area contributed by atoms with E-state index in [1.54, 1.807) is 6.08 Å². The fourth-order valence-electron chi connectivity index (χ4n) is 4.33. The molecule has 1 N–H and O–H groups in total. The first-order valence-corrected chi connectivity index (χ1v) is 13.1. The Labute approximate surface area is 232 Å². The van der Waals surface area contributed by atoms with Crippen molar-refractivity contribution in [3.05, 3.63) is 104 Å². The number of hydrogen-bond donors (Lipinski definition) is 1. The van der Waals surface area contributed by atoms with Crippen LogP contribution in [0.2, 0.25) is 10.0 Å². The lowest BCUT2D eigenvalue weighted by Gasteiger charge is -2.12. The predicted octanol–water partition coefficient (Wildman–Crippen LogP) is 7.12. The normalized spacial score (nSPS) is 14.6. The van der Waals surface area contributed by atoms with Gasteiger partial charge in [0.2, 0.25) is 5.91 Å². The van der Waals surface area contributed by atoms with E-state index in [-0.39, 0.29) is 15.6 Å². The number of rotatable bonds is 6. The molecule has 4 aromatic rings. The Morgan fingerprint density at radius 3 is 2.53 bits per heavy atom. The van der Waals surface area contributed by atoms with E-state index in [2.05, 4.69) is 9.88 Å². The number of benzene rings is 3. The Balaban J connectivity index is 1.41. The van der Waals surface area contributed by atoms with Crippen LogP contribution < -0.4 is 5.32 Å². The van der Waals surface area contributed by atoms with Crippen molar-refractivity contribution in [3.8, 4) is 0 Å². The molecule has 1 saturated heterocycles. The highest BCUT2D eigenvalue weighted by Gasteiger charge is 2.36. The zero-order valence-corrected chi connectivity index (χ0v) is 22.3. The SMILES string of the molecule is Cc1c(/C=C2\SC(=O)N(CC(=O)Nc3ccc(F)c(Cl)c3)C2=O)c2ccccc2n1Cc1ccccc1Cl. The minimum Gasteiger partial charge on any atom is -0.340 e. The second-order valence-corrected chi connectivity index (χ2v) is 10.4. The number of hydrogen-bond acceptors (Lipinski definition) is 4. The molecule has 0 atom stereocenters. The molecule has 10 heteroatoms. The number of fused-ring (bicyclic) bond motifs is 1. The Kier molecular flexibility index (Phi) is 7.29. The molecule has 0 bridgehead atoms. The molecule has 38 heavy (non-hydrogen) atoms. The van der Waals surface area contributed by atoms with Gasteiger partial charge in [0.25, 0.3) is 11.1 Å². The molecule has 0 saturated carbocycles. The third-order valence-electron chi connectivity index (χ3n) is 6.22. The molecule has 0 spiro atoms. The van der Waals surface area contributed by atoms with Crippen LogP contribution in [-0.2, 0) is 16.1 Å². The molecule has 192 valence electrons. The van der Waals surface area contributed by atoms with Crippen LogP contribution in [0.25, 0.3) is 17.0 Å². The average molecular weight is 568 g/mol. The van der Waals surface area contributed by atoms with Crippen molar-refractivity contribution in [2.45, 2.75) is 13.5 Å². The number of amides is 3. The van der Waals surface area contributed by atoms with Crippen molar-refractivity contribution in [3.63, 3.8) is 0 Å². The quantitative estimate of drug-likeness (QED) is 0.252. The zero-order chi connectivity index (χ0) is 27.0. The minimum atomic E-state index is -0.621. The smallest absolute Gasteiger partial charge is 0.294 e. The van der Waals surface area contributed by atoms with E-state index in [1.165, 1.54) is 12.1 Å². The number of carbonyl (C=O) groups is 3. The molecule has 6 nitrogen and oxygen atoms in total. The lowest BCUT2D eigenvalue weighted by molar-refractivity contribution is -0.127. The van der Waals surface area contributed by atoms with E-state index in [0.29, 0.717) is 11.6 Å². The maximum atomic E-state index is 13.4. The second kappa shape index (κ2) is 10.6. The van der Waals surface area contributed by atoms with Crippen LogP contribution in [0.3, 0.4) is 0 Å². The van der Waals surface area contributed by atoms with E-state index in [4.69, 9.17) is 23.2 Å². The van der Waals surface area contributed by atoms with Gasteiger partial charge in [-0.15, -0.1) is 0 Å². The summed E-state index contributed by atoms with van der Waals surface area (Å²) in [6.07, 6.45) is 1.70. The molecule has 3 amide bonds. The highest BCUT2D eigenvalue weighted by Crippen LogP contribution is 2.36. The number of nitrogens with one attached hydrogen (secondary N) is 1. The number of anilines is 1. The number of imide groups is 1. The van der Waals surface area contributed by atoms with Gasteiger partial charge in [-0.3, -0.25) is 19.3 Å². The first-order valence-electron chi connectivity index (χ1n) is 11.5. The summed E-state index contributed by atoms with van der Waals surface area (Å²) in [5.74, 6) is -1.79. The van der Waals surface area contributed by atoms with Crippen LogP contribution in [0.15, 0.2) is 71.6 Å². The fourth-order valence-corrected chi connectivity index (χ4v) is 5.52. The highest BCUT2D eigenvalue weighted by molar-refractivity contribution is 8.18. The molecule has 0 aliphatic carbocycles. The molecule has 5 rings (SSSR count).